The van der Waals surface area contributed by atoms with E-state index < -0.39 is 0 Å². The molecule has 50 heavy (non-hydrogen) atoms. The van der Waals surface area contributed by atoms with Crippen molar-refractivity contribution in [1.82, 2.24) is 14.5 Å². The third-order valence-corrected chi connectivity index (χ3v) is 10.7. The highest BCUT2D eigenvalue weighted by Gasteiger charge is 2.20. The van der Waals surface area contributed by atoms with Gasteiger partial charge in [-0.25, -0.2) is 9.97 Å². The largest absolute Gasteiger partial charge is 0.307 e. The van der Waals surface area contributed by atoms with Gasteiger partial charge in [0.2, 0.25) is 0 Å². The molecule has 0 unspecified atom stereocenters. The van der Waals surface area contributed by atoms with Crippen molar-refractivity contribution in [1.29, 1.82) is 0 Å². The van der Waals surface area contributed by atoms with Gasteiger partial charge in [0.15, 0.2) is 0 Å². The normalized spacial score (nSPS) is 11.6. The zero-order valence-electron chi connectivity index (χ0n) is 27.0. The van der Waals surface area contributed by atoms with E-state index in [0.29, 0.717) is 0 Å². The molecule has 0 N–H and O–H groups in total. The summed E-state index contributed by atoms with van der Waals surface area (Å²) < 4.78 is 4.97. The fraction of sp³-hybridized carbons (Fsp3) is 0. The smallest absolute Gasteiger partial charge is 0.0971 e. The topological polar surface area (TPSA) is 30.7 Å². The van der Waals surface area contributed by atoms with Crippen molar-refractivity contribution < 1.29 is 0 Å². The summed E-state index contributed by atoms with van der Waals surface area (Å²) in [6.45, 7) is 0. The Balaban J connectivity index is 1.18. The van der Waals surface area contributed by atoms with Gasteiger partial charge in [-0.05, 0) is 65.7 Å². The monoisotopic (exact) mass is 655 g/mol. The fourth-order valence-electron chi connectivity index (χ4n) is 7.22. The summed E-state index contributed by atoms with van der Waals surface area (Å²) in [7, 11) is 0. The number of rotatable bonds is 5. The van der Waals surface area contributed by atoms with Gasteiger partial charge in [0.05, 0.1) is 33.6 Å². The van der Waals surface area contributed by atoms with Gasteiger partial charge in [-0.2, -0.15) is 0 Å². The Kier molecular flexibility index (Phi) is 6.68. The Bertz CT molecular complexity index is 2780. The minimum Gasteiger partial charge on any atom is -0.307 e. The van der Waals surface area contributed by atoms with E-state index in [4.69, 9.17) is 9.97 Å². The van der Waals surface area contributed by atoms with Crippen LogP contribution in [-0.2, 0) is 0 Å². The first-order valence-electron chi connectivity index (χ1n) is 16.8. The number of hydrogen-bond acceptors (Lipinski definition) is 3. The van der Waals surface area contributed by atoms with Gasteiger partial charge in [-0.1, -0.05) is 121 Å². The second-order valence-corrected chi connectivity index (χ2v) is 13.7. The molecule has 0 aliphatic heterocycles. The van der Waals surface area contributed by atoms with Crippen molar-refractivity contribution in [2.24, 2.45) is 0 Å². The molecule has 0 fully saturated rings. The molecule has 4 aromatic heterocycles. The second kappa shape index (κ2) is 11.7. The maximum atomic E-state index is 5.31. The van der Waals surface area contributed by atoms with Gasteiger partial charge < -0.3 is 4.57 Å². The lowest BCUT2D eigenvalue weighted by molar-refractivity contribution is 1.18. The van der Waals surface area contributed by atoms with Crippen LogP contribution < -0.4 is 0 Å². The first-order valence-corrected chi connectivity index (χ1v) is 17.6. The number of aromatic nitrogens is 3. The molecule has 0 amide bonds. The van der Waals surface area contributed by atoms with Crippen LogP contribution in [0.25, 0.3) is 92.7 Å². The second-order valence-electron chi connectivity index (χ2n) is 12.6. The van der Waals surface area contributed by atoms with Crippen LogP contribution in [0.3, 0.4) is 0 Å². The van der Waals surface area contributed by atoms with Crippen LogP contribution in [0.2, 0.25) is 0 Å². The Labute approximate surface area is 293 Å². The van der Waals surface area contributed by atoms with Crippen LogP contribution in [0.15, 0.2) is 176 Å². The molecule has 0 spiro atoms. The van der Waals surface area contributed by atoms with E-state index in [1.165, 1.54) is 31.3 Å². The van der Waals surface area contributed by atoms with Gasteiger partial charge in [-0.3, -0.25) is 0 Å². The van der Waals surface area contributed by atoms with Crippen LogP contribution in [0.5, 0.6) is 0 Å². The maximum Gasteiger partial charge on any atom is 0.0971 e. The average molecular weight is 656 g/mol. The highest BCUT2D eigenvalue weighted by Crippen LogP contribution is 2.43. The summed E-state index contributed by atoms with van der Waals surface area (Å²) in [5, 5.41) is 3.70. The Morgan fingerprint density at radius 2 is 1.00 bits per heavy atom. The number of benzene rings is 6. The number of hydrogen-bond donors (Lipinski definition) is 0. The molecule has 6 aromatic carbocycles. The summed E-state index contributed by atoms with van der Waals surface area (Å²) in [5.74, 6) is 0. The first-order chi connectivity index (χ1) is 24.8. The van der Waals surface area contributed by atoms with Gasteiger partial charge in [0.25, 0.3) is 0 Å². The van der Waals surface area contributed by atoms with Gasteiger partial charge in [0, 0.05) is 47.9 Å². The van der Waals surface area contributed by atoms with Gasteiger partial charge >= 0.3 is 0 Å². The van der Waals surface area contributed by atoms with E-state index in [-0.39, 0.29) is 0 Å². The Morgan fingerprint density at radius 1 is 0.400 bits per heavy atom. The number of nitrogens with zero attached hydrogens (tertiary/aromatic N) is 3. The summed E-state index contributed by atoms with van der Waals surface area (Å²) in [6, 6.07) is 62.3. The molecule has 0 saturated heterocycles. The van der Waals surface area contributed by atoms with E-state index >= 15 is 0 Å². The van der Waals surface area contributed by atoms with E-state index in [2.05, 4.69) is 168 Å². The fourth-order valence-corrected chi connectivity index (χ4v) is 8.33. The lowest BCUT2D eigenvalue weighted by atomic mass is 10.00. The maximum absolute atomic E-state index is 5.31. The molecule has 3 nitrogen and oxygen atoms in total. The third kappa shape index (κ3) is 4.73. The van der Waals surface area contributed by atoms with Crippen molar-refractivity contribution in [3.05, 3.63) is 176 Å². The van der Waals surface area contributed by atoms with Crippen molar-refractivity contribution in [3.8, 4) is 50.6 Å². The summed E-state index contributed by atoms with van der Waals surface area (Å²) in [6.07, 6.45) is 0. The molecule has 0 atom stereocenters. The number of fused-ring (bicyclic) bond motifs is 7. The van der Waals surface area contributed by atoms with Gasteiger partial charge in [-0.15, -0.1) is 11.3 Å². The molecule has 10 aromatic rings. The van der Waals surface area contributed by atoms with E-state index in [9.17, 15) is 0 Å². The molecule has 0 aliphatic carbocycles. The van der Waals surface area contributed by atoms with Crippen molar-refractivity contribution in [3.63, 3.8) is 0 Å². The Morgan fingerprint density at radius 3 is 1.70 bits per heavy atom. The van der Waals surface area contributed by atoms with Crippen LogP contribution >= 0.6 is 11.3 Å². The molecule has 0 saturated carbocycles. The molecule has 4 heteroatoms. The molecular formula is C46H29N3S. The molecular weight excluding hydrogens is 627 g/mol. The standard InChI is InChI=1S/C46H29N3S/c1-4-12-30(13-5-1)34-28-39(32-16-8-3-9-17-32)47-40(29-34)33-20-22-35(23-21-33)49-41-26-25-38(31-14-6-2-7-15-31)48-45(41)37-24-27-43-44(46(37)49)36-18-10-11-19-42(36)50-43/h1-29H. The zero-order valence-corrected chi connectivity index (χ0v) is 27.8. The van der Waals surface area contributed by atoms with Crippen LogP contribution in [0, 0.1) is 0 Å². The number of pyridine rings is 2. The molecule has 10 rings (SSSR count). The average Bonchev–Trinajstić information content (AvgIpc) is 3.74. The zero-order chi connectivity index (χ0) is 33.0. The molecule has 234 valence electrons. The van der Waals surface area contributed by atoms with E-state index in [1.54, 1.807) is 0 Å². The highest BCUT2D eigenvalue weighted by molar-refractivity contribution is 7.26. The minimum absolute atomic E-state index is 0.944. The third-order valence-electron chi connectivity index (χ3n) is 9.60. The lowest BCUT2D eigenvalue weighted by Crippen LogP contribution is -1.96. The predicted octanol–water partition coefficient (Wildman–Crippen LogP) is 12.6. The summed E-state index contributed by atoms with van der Waals surface area (Å²) >= 11 is 1.85. The SMILES string of the molecule is c1ccc(-c2cc(-c3ccccc3)nc(-c3ccc(-n4c5ccc(-c6ccccc6)nc5c5ccc6sc7ccccc7c6c54)cc3)c2)cc1. The molecule has 0 radical (unpaired) electrons. The van der Waals surface area contributed by atoms with Crippen LogP contribution in [0.1, 0.15) is 0 Å². The van der Waals surface area contributed by atoms with E-state index in [0.717, 1.165) is 61.4 Å². The molecule has 0 bridgehead atoms. The number of thiophene rings is 1. The molecule has 0 aliphatic rings. The predicted molar refractivity (Wildman–Crippen MR) is 211 cm³/mol. The summed E-state index contributed by atoms with van der Waals surface area (Å²) in [4.78, 5) is 10.5. The lowest BCUT2D eigenvalue weighted by Gasteiger charge is -2.12. The van der Waals surface area contributed by atoms with Crippen LogP contribution in [-0.4, -0.2) is 14.5 Å². The van der Waals surface area contributed by atoms with Crippen molar-refractivity contribution in [2.75, 3.05) is 0 Å². The van der Waals surface area contributed by atoms with Gasteiger partial charge in [0.1, 0.15) is 0 Å². The minimum atomic E-state index is 0.944. The first kappa shape index (κ1) is 28.6. The van der Waals surface area contributed by atoms with E-state index in [1.807, 2.05) is 23.5 Å². The molecule has 4 heterocycles. The van der Waals surface area contributed by atoms with Crippen LogP contribution in [0.4, 0.5) is 0 Å². The van der Waals surface area contributed by atoms with Crippen molar-refractivity contribution >= 4 is 53.4 Å². The summed E-state index contributed by atoms with van der Waals surface area (Å²) in [5.41, 5.74) is 12.9. The quantitative estimate of drug-likeness (QED) is 0.185. The highest BCUT2D eigenvalue weighted by atomic mass is 32.1. The Hall–Kier alpha value is -6.36. The van der Waals surface area contributed by atoms with Crippen molar-refractivity contribution in [2.45, 2.75) is 0 Å².